The Morgan fingerprint density at radius 3 is 1.00 bits per heavy atom. The molecule has 0 bridgehead atoms. The van der Waals surface area contributed by atoms with Gasteiger partial charge in [-0.3, -0.25) is 9.59 Å². The molecule has 432 valence electrons. The number of aliphatic hydroxyl groups is 2. The molecule has 0 aliphatic heterocycles. The summed E-state index contributed by atoms with van der Waals surface area (Å²) in [5.41, 5.74) is 0. The molecule has 1 amide bonds. The van der Waals surface area contributed by atoms with Crippen LogP contribution in [-0.4, -0.2) is 47.4 Å². The monoisotopic (exact) mass is 1030 g/mol. The average Bonchev–Trinajstić information content (AvgIpc) is 3.39. The van der Waals surface area contributed by atoms with Gasteiger partial charge >= 0.3 is 5.97 Å². The first-order valence-electron chi connectivity index (χ1n) is 33.1. The van der Waals surface area contributed by atoms with Crippen molar-refractivity contribution in [2.75, 3.05) is 13.2 Å². The number of carbonyl (C=O) groups is 2. The van der Waals surface area contributed by atoms with Crippen LogP contribution >= 0.6 is 0 Å². The topological polar surface area (TPSA) is 95.9 Å². The highest BCUT2D eigenvalue weighted by atomic mass is 16.5. The normalized spacial score (nSPS) is 12.7. The van der Waals surface area contributed by atoms with E-state index in [0.29, 0.717) is 19.4 Å². The van der Waals surface area contributed by atoms with E-state index in [9.17, 15) is 19.8 Å². The zero-order valence-corrected chi connectivity index (χ0v) is 49.4. The Hall–Kier alpha value is -1.66. The first-order chi connectivity index (χ1) is 36.0. The van der Waals surface area contributed by atoms with E-state index < -0.39 is 12.1 Å². The van der Waals surface area contributed by atoms with Crippen molar-refractivity contribution < 1.29 is 24.5 Å². The van der Waals surface area contributed by atoms with Crippen LogP contribution < -0.4 is 5.32 Å². The number of ether oxygens (including phenoxy) is 1. The Balaban J connectivity index is 3.36. The summed E-state index contributed by atoms with van der Waals surface area (Å²) >= 11 is 0. The largest absolute Gasteiger partial charge is 0.466 e. The molecule has 0 aliphatic rings. The molecule has 73 heavy (non-hydrogen) atoms. The Morgan fingerprint density at radius 1 is 0.370 bits per heavy atom. The second-order valence-corrected chi connectivity index (χ2v) is 22.8. The predicted octanol–water partition coefficient (Wildman–Crippen LogP) is 21.0. The van der Waals surface area contributed by atoms with Gasteiger partial charge in [0.05, 0.1) is 25.4 Å². The number of rotatable bonds is 62. The quantitative estimate of drug-likeness (QED) is 0.0320. The van der Waals surface area contributed by atoms with Crippen molar-refractivity contribution >= 4 is 11.9 Å². The number of hydrogen-bond donors (Lipinski definition) is 3. The molecule has 3 N–H and O–H groups in total. The van der Waals surface area contributed by atoms with Gasteiger partial charge < -0.3 is 20.3 Å². The number of unbranched alkanes of at least 4 members (excludes halogenated alkanes) is 49. The minimum atomic E-state index is -0.842. The fraction of sp³-hybridized carbons (Fsp3) is 0.910. The van der Waals surface area contributed by atoms with Gasteiger partial charge in [-0.25, -0.2) is 0 Å². The molecule has 0 aromatic carbocycles. The van der Waals surface area contributed by atoms with E-state index in [1.54, 1.807) is 6.08 Å². The van der Waals surface area contributed by atoms with E-state index in [2.05, 4.69) is 31.3 Å². The number of allylic oxidation sites excluding steroid dienone is 3. The maximum atomic E-state index is 12.5. The third kappa shape index (κ3) is 59.4. The van der Waals surface area contributed by atoms with Crippen LogP contribution in [0.5, 0.6) is 0 Å². The average molecular weight is 1030 g/mol. The fourth-order valence-corrected chi connectivity index (χ4v) is 10.4. The summed E-state index contributed by atoms with van der Waals surface area (Å²) < 4.78 is 5.47. The summed E-state index contributed by atoms with van der Waals surface area (Å²) in [7, 11) is 0. The van der Waals surface area contributed by atoms with Gasteiger partial charge in [-0.05, 0) is 57.8 Å². The molecule has 0 saturated heterocycles. The van der Waals surface area contributed by atoms with Crippen molar-refractivity contribution in [1.82, 2.24) is 5.32 Å². The van der Waals surface area contributed by atoms with E-state index in [1.165, 1.54) is 295 Å². The first kappa shape index (κ1) is 71.3. The SMILES string of the molecule is CCCCC/C=C\CCCCCCCC(=O)OCCCCCCCCCCCCCCCCCCCCCCCCCCCCCCC(=O)NC(CO)C(O)/C=C/CCCCCCCCCCCCCCCC. The van der Waals surface area contributed by atoms with Crippen molar-refractivity contribution in [1.29, 1.82) is 0 Å². The second-order valence-electron chi connectivity index (χ2n) is 22.8. The maximum absolute atomic E-state index is 12.5. The lowest BCUT2D eigenvalue weighted by Gasteiger charge is -2.20. The Labute approximate surface area is 456 Å². The number of nitrogens with one attached hydrogen (secondary N) is 1. The van der Waals surface area contributed by atoms with Gasteiger partial charge in [0.2, 0.25) is 5.91 Å². The molecular weight excluding hydrogens is 899 g/mol. The minimum absolute atomic E-state index is 0.00866. The van der Waals surface area contributed by atoms with Gasteiger partial charge in [-0.2, -0.15) is 0 Å². The number of aliphatic hydroxyl groups excluding tert-OH is 2. The van der Waals surface area contributed by atoms with Crippen molar-refractivity contribution in [3.05, 3.63) is 24.3 Å². The molecule has 6 nitrogen and oxygen atoms in total. The smallest absolute Gasteiger partial charge is 0.305 e. The highest BCUT2D eigenvalue weighted by Gasteiger charge is 2.18. The Kier molecular flexibility index (Phi) is 61.4. The van der Waals surface area contributed by atoms with Crippen LogP contribution in [0.2, 0.25) is 0 Å². The van der Waals surface area contributed by atoms with Gasteiger partial charge in [0, 0.05) is 12.8 Å². The number of hydrogen-bond acceptors (Lipinski definition) is 5. The summed E-state index contributed by atoms with van der Waals surface area (Å²) in [5.74, 6) is -0.0537. The van der Waals surface area contributed by atoms with Crippen LogP contribution in [0.3, 0.4) is 0 Å². The van der Waals surface area contributed by atoms with E-state index >= 15 is 0 Å². The molecule has 0 fully saturated rings. The lowest BCUT2D eigenvalue weighted by molar-refractivity contribution is -0.143. The molecule has 0 aromatic rings. The van der Waals surface area contributed by atoms with Crippen molar-refractivity contribution in [2.45, 2.75) is 379 Å². The predicted molar refractivity (Wildman–Crippen MR) is 320 cm³/mol. The zero-order valence-electron chi connectivity index (χ0n) is 49.4. The molecule has 0 heterocycles. The third-order valence-corrected chi connectivity index (χ3v) is 15.5. The summed E-state index contributed by atoms with van der Waals surface area (Å²) in [4.78, 5) is 24.5. The van der Waals surface area contributed by atoms with Crippen LogP contribution in [-0.2, 0) is 14.3 Å². The zero-order chi connectivity index (χ0) is 52.9. The second kappa shape index (κ2) is 62.9. The highest BCUT2D eigenvalue weighted by molar-refractivity contribution is 5.76. The van der Waals surface area contributed by atoms with Crippen LogP contribution in [0.4, 0.5) is 0 Å². The van der Waals surface area contributed by atoms with Crippen molar-refractivity contribution in [2.24, 2.45) is 0 Å². The van der Waals surface area contributed by atoms with Gasteiger partial charge in [-0.1, -0.05) is 321 Å². The van der Waals surface area contributed by atoms with E-state index in [0.717, 1.165) is 44.9 Å². The van der Waals surface area contributed by atoms with Gasteiger partial charge in [0.15, 0.2) is 0 Å². The van der Waals surface area contributed by atoms with E-state index in [4.69, 9.17) is 4.74 Å². The summed E-state index contributed by atoms with van der Waals surface area (Å²) in [6.07, 6.45) is 78.1. The number of carbonyl (C=O) groups excluding carboxylic acids is 2. The maximum Gasteiger partial charge on any atom is 0.305 e. The first-order valence-corrected chi connectivity index (χ1v) is 33.1. The van der Waals surface area contributed by atoms with Crippen LogP contribution in [0.1, 0.15) is 367 Å². The van der Waals surface area contributed by atoms with Gasteiger partial charge in [0.1, 0.15) is 0 Å². The standard InChI is InChI=1S/C67H129NO5/c1-3-5-7-9-11-13-15-17-18-33-36-39-43-47-51-55-59-65(70)64(63-69)68-66(71)60-56-52-48-44-40-37-34-31-29-27-25-23-21-19-20-22-24-26-28-30-32-35-38-42-46-50-54-58-62-73-67(72)61-57-53-49-45-41-16-14-12-10-8-6-4-2/h12,14,55,59,64-65,69-70H,3-11,13,15-54,56-58,60-63H2,1-2H3,(H,68,71)/b14-12-,59-55+. The lowest BCUT2D eigenvalue weighted by Crippen LogP contribution is -2.45. The third-order valence-electron chi connectivity index (χ3n) is 15.5. The molecule has 6 heteroatoms. The summed E-state index contributed by atoms with van der Waals surface area (Å²) in [6.45, 7) is 4.91. The fourth-order valence-electron chi connectivity index (χ4n) is 10.4. The van der Waals surface area contributed by atoms with Crippen molar-refractivity contribution in [3.8, 4) is 0 Å². The van der Waals surface area contributed by atoms with E-state index in [1.807, 2.05) is 6.08 Å². The number of esters is 1. The van der Waals surface area contributed by atoms with Gasteiger partial charge in [-0.15, -0.1) is 0 Å². The molecule has 2 unspecified atom stereocenters. The minimum Gasteiger partial charge on any atom is -0.466 e. The molecule has 0 rings (SSSR count). The summed E-state index contributed by atoms with van der Waals surface area (Å²) in [6, 6.07) is -0.625. The molecule has 0 aliphatic carbocycles. The summed E-state index contributed by atoms with van der Waals surface area (Å²) in [5, 5.41) is 23.2. The number of amides is 1. The molecule has 0 radical (unpaired) electrons. The molecule has 0 aromatic heterocycles. The van der Waals surface area contributed by atoms with Crippen molar-refractivity contribution in [3.63, 3.8) is 0 Å². The molecule has 2 atom stereocenters. The highest BCUT2D eigenvalue weighted by Crippen LogP contribution is 2.18. The van der Waals surface area contributed by atoms with Crippen LogP contribution in [0.25, 0.3) is 0 Å². The van der Waals surface area contributed by atoms with Crippen LogP contribution in [0, 0.1) is 0 Å². The van der Waals surface area contributed by atoms with E-state index in [-0.39, 0.29) is 18.5 Å². The lowest BCUT2D eigenvalue weighted by atomic mass is 10.0. The Morgan fingerprint density at radius 2 is 0.644 bits per heavy atom. The van der Waals surface area contributed by atoms with Gasteiger partial charge in [0.25, 0.3) is 0 Å². The molecule has 0 saturated carbocycles. The van der Waals surface area contributed by atoms with Crippen LogP contribution in [0.15, 0.2) is 24.3 Å². The molecule has 0 spiro atoms. The molecular formula is C67H129NO5. The Bertz CT molecular complexity index is 1140.